The number of nitrogens with one attached hydrogen (secondary N) is 2. The molecule has 2 aromatic heterocycles. The molecule has 2 N–H and O–H groups in total. The van der Waals surface area contributed by atoms with Crippen molar-refractivity contribution in [1.29, 1.82) is 0 Å². The fourth-order valence-corrected chi connectivity index (χ4v) is 2.66. The molecule has 0 unspecified atom stereocenters. The van der Waals surface area contributed by atoms with Gasteiger partial charge in [0.1, 0.15) is 0 Å². The van der Waals surface area contributed by atoms with Crippen molar-refractivity contribution < 1.29 is 4.74 Å². The van der Waals surface area contributed by atoms with E-state index in [1.807, 2.05) is 43.8 Å². The van der Waals surface area contributed by atoms with E-state index in [2.05, 4.69) is 45.6 Å². The fraction of sp³-hybridized carbons (Fsp3) is 0.550. The van der Waals surface area contributed by atoms with Gasteiger partial charge in [0.15, 0.2) is 5.96 Å². The smallest absolute Gasteiger partial charge is 0.213 e. The maximum Gasteiger partial charge on any atom is 0.213 e. The normalized spacial score (nSPS) is 11.3. The molecule has 0 aliphatic rings. The van der Waals surface area contributed by atoms with E-state index in [0.29, 0.717) is 12.4 Å². The van der Waals surface area contributed by atoms with E-state index >= 15 is 0 Å². The van der Waals surface area contributed by atoms with Gasteiger partial charge in [-0.05, 0) is 52.7 Å². The molecule has 2 heterocycles. The summed E-state index contributed by atoms with van der Waals surface area (Å²) in [6, 6.07) is 5.99. The van der Waals surface area contributed by atoms with Gasteiger partial charge in [0.25, 0.3) is 0 Å². The Morgan fingerprint density at radius 1 is 1.25 bits per heavy atom. The number of aryl methyl sites for hydroxylation is 3. The average molecular weight is 500 g/mol. The molecule has 0 fully saturated rings. The van der Waals surface area contributed by atoms with Crippen LogP contribution >= 0.6 is 24.0 Å². The number of halogens is 1. The summed E-state index contributed by atoms with van der Waals surface area (Å²) in [7, 11) is 0. The van der Waals surface area contributed by atoms with Crippen molar-refractivity contribution >= 4 is 29.9 Å². The van der Waals surface area contributed by atoms with Gasteiger partial charge in [0.2, 0.25) is 5.88 Å². The third-order valence-electron chi connectivity index (χ3n) is 3.86. The van der Waals surface area contributed by atoms with Crippen molar-refractivity contribution in [3.8, 4) is 5.88 Å². The number of hydrogen-bond donors (Lipinski definition) is 2. The largest absolute Gasteiger partial charge is 0.475 e. The van der Waals surface area contributed by atoms with Gasteiger partial charge < -0.3 is 15.4 Å². The highest BCUT2D eigenvalue weighted by Crippen LogP contribution is 2.10. The Balaban J connectivity index is 0.00000392. The van der Waals surface area contributed by atoms with Crippen molar-refractivity contribution in [3.63, 3.8) is 0 Å². The Morgan fingerprint density at radius 2 is 2.04 bits per heavy atom. The SMILES string of the molecule is CCNC(=NCc1ccc(OC(C)C)nc1)NCCCn1nc(C)cc1C.I. The molecular weight excluding hydrogens is 467 g/mol. The monoisotopic (exact) mass is 500 g/mol. The second-order valence-electron chi connectivity index (χ2n) is 6.80. The Kier molecular flexibility index (Phi) is 10.9. The summed E-state index contributed by atoms with van der Waals surface area (Å²) in [6.07, 6.45) is 2.92. The fourth-order valence-electron chi connectivity index (χ4n) is 2.66. The topological polar surface area (TPSA) is 76.4 Å². The molecule has 7 nitrogen and oxygen atoms in total. The Hall–Kier alpha value is -1.84. The van der Waals surface area contributed by atoms with Crippen molar-refractivity contribution in [2.45, 2.75) is 60.2 Å². The molecule has 0 spiro atoms. The number of ether oxygens (including phenoxy) is 1. The average Bonchev–Trinajstić information content (AvgIpc) is 2.94. The van der Waals surface area contributed by atoms with Crippen LogP contribution in [0.4, 0.5) is 0 Å². The zero-order valence-electron chi connectivity index (χ0n) is 17.5. The van der Waals surface area contributed by atoms with E-state index in [9.17, 15) is 0 Å². The van der Waals surface area contributed by atoms with E-state index in [-0.39, 0.29) is 30.1 Å². The summed E-state index contributed by atoms with van der Waals surface area (Å²) in [5, 5.41) is 11.1. The number of aliphatic imine (C=N–C) groups is 1. The lowest BCUT2D eigenvalue weighted by Crippen LogP contribution is -2.38. The summed E-state index contributed by atoms with van der Waals surface area (Å²) < 4.78 is 7.62. The molecule has 0 aliphatic heterocycles. The maximum atomic E-state index is 5.57. The van der Waals surface area contributed by atoms with Crippen LogP contribution in [0.2, 0.25) is 0 Å². The Morgan fingerprint density at radius 3 is 2.61 bits per heavy atom. The van der Waals surface area contributed by atoms with Crippen LogP contribution in [0.5, 0.6) is 5.88 Å². The molecule has 0 aromatic carbocycles. The lowest BCUT2D eigenvalue weighted by molar-refractivity contribution is 0.232. The van der Waals surface area contributed by atoms with Crippen LogP contribution in [0, 0.1) is 13.8 Å². The molecule has 0 radical (unpaired) electrons. The molecule has 0 atom stereocenters. The van der Waals surface area contributed by atoms with Crippen molar-refractivity contribution in [2.24, 2.45) is 4.99 Å². The molecular formula is C20H33IN6O. The molecule has 2 aromatic rings. The predicted molar refractivity (Wildman–Crippen MR) is 125 cm³/mol. The number of guanidine groups is 1. The second kappa shape index (κ2) is 12.6. The molecule has 0 bridgehead atoms. The third-order valence-corrected chi connectivity index (χ3v) is 3.86. The molecule has 0 amide bonds. The highest BCUT2D eigenvalue weighted by atomic mass is 127. The first-order valence-corrected chi connectivity index (χ1v) is 9.62. The van der Waals surface area contributed by atoms with Gasteiger partial charge in [0.05, 0.1) is 18.3 Å². The molecule has 2 rings (SSSR count). The van der Waals surface area contributed by atoms with Crippen LogP contribution in [-0.4, -0.2) is 39.9 Å². The zero-order chi connectivity index (χ0) is 19.6. The lowest BCUT2D eigenvalue weighted by atomic mass is 10.3. The quantitative estimate of drug-likeness (QED) is 0.239. The van der Waals surface area contributed by atoms with Gasteiger partial charge in [-0.2, -0.15) is 5.10 Å². The number of hydrogen-bond acceptors (Lipinski definition) is 4. The first-order valence-electron chi connectivity index (χ1n) is 9.62. The van der Waals surface area contributed by atoms with Crippen LogP contribution in [0.15, 0.2) is 29.4 Å². The highest BCUT2D eigenvalue weighted by molar-refractivity contribution is 14.0. The summed E-state index contributed by atoms with van der Waals surface area (Å²) in [5.74, 6) is 1.46. The minimum Gasteiger partial charge on any atom is -0.475 e. The standard InChI is InChI=1S/C20H32N6O.HI/c1-6-21-20(22-10-7-11-26-17(5)12-16(4)25-26)24-14-18-8-9-19(23-13-18)27-15(2)3;/h8-9,12-13,15H,6-7,10-11,14H2,1-5H3,(H2,21,22,24);1H. The van der Waals surface area contributed by atoms with Crippen LogP contribution in [0.1, 0.15) is 44.1 Å². The van der Waals surface area contributed by atoms with E-state index in [4.69, 9.17) is 4.74 Å². The summed E-state index contributed by atoms with van der Waals surface area (Å²) in [5.41, 5.74) is 3.31. The van der Waals surface area contributed by atoms with Crippen molar-refractivity contribution in [1.82, 2.24) is 25.4 Å². The molecule has 0 aliphatic carbocycles. The van der Waals surface area contributed by atoms with Gasteiger partial charge in [-0.3, -0.25) is 4.68 Å². The molecule has 0 saturated heterocycles. The minimum absolute atomic E-state index is 0. The first kappa shape index (κ1) is 24.2. The van der Waals surface area contributed by atoms with Crippen molar-refractivity contribution in [3.05, 3.63) is 41.3 Å². The van der Waals surface area contributed by atoms with Gasteiger partial charge >= 0.3 is 0 Å². The van der Waals surface area contributed by atoms with E-state index in [1.165, 1.54) is 5.69 Å². The van der Waals surface area contributed by atoms with Gasteiger partial charge in [-0.25, -0.2) is 9.98 Å². The van der Waals surface area contributed by atoms with E-state index < -0.39 is 0 Å². The van der Waals surface area contributed by atoms with E-state index in [1.54, 1.807) is 0 Å². The summed E-state index contributed by atoms with van der Waals surface area (Å²) in [4.78, 5) is 8.95. The van der Waals surface area contributed by atoms with Crippen molar-refractivity contribution in [2.75, 3.05) is 13.1 Å². The first-order chi connectivity index (χ1) is 13.0. The number of pyridine rings is 1. The number of aromatic nitrogens is 3. The van der Waals surface area contributed by atoms with E-state index in [0.717, 1.165) is 43.3 Å². The van der Waals surface area contributed by atoms with Crippen LogP contribution in [0.25, 0.3) is 0 Å². The Labute approximate surface area is 185 Å². The highest BCUT2D eigenvalue weighted by Gasteiger charge is 2.03. The molecule has 28 heavy (non-hydrogen) atoms. The second-order valence-corrected chi connectivity index (χ2v) is 6.80. The third kappa shape index (κ3) is 8.45. The lowest BCUT2D eigenvalue weighted by Gasteiger charge is -2.12. The predicted octanol–water partition coefficient (Wildman–Crippen LogP) is 3.45. The number of rotatable bonds is 9. The van der Waals surface area contributed by atoms with Crippen LogP contribution in [-0.2, 0) is 13.1 Å². The summed E-state index contributed by atoms with van der Waals surface area (Å²) >= 11 is 0. The molecule has 156 valence electrons. The zero-order valence-corrected chi connectivity index (χ0v) is 19.9. The molecule has 0 saturated carbocycles. The summed E-state index contributed by atoms with van der Waals surface area (Å²) in [6.45, 7) is 13.3. The maximum absolute atomic E-state index is 5.57. The molecule has 8 heteroatoms. The number of nitrogens with zero attached hydrogens (tertiary/aromatic N) is 4. The van der Waals surface area contributed by atoms with Gasteiger partial charge in [0, 0.05) is 37.6 Å². The minimum atomic E-state index is 0. The van der Waals surface area contributed by atoms with Crippen LogP contribution < -0.4 is 15.4 Å². The van der Waals surface area contributed by atoms with Crippen LogP contribution in [0.3, 0.4) is 0 Å². The van der Waals surface area contributed by atoms with Gasteiger partial charge in [-0.1, -0.05) is 6.07 Å². The van der Waals surface area contributed by atoms with Gasteiger partial charge in [-0.15, -0.1) is 24.0 Å². The Bertz CT molecular complexity index is 727.